The van der Waals surface area contributed by atoms with Crippen LogP contribution in [-0.2, 0) is 11.3 Å². The third-order valence-corrected chi connectivity index (χ3v) is 3.21. The molecule has 0 radical (unpaired) electrons. The van der Waals surface area contributed by atoms with Crippen molar-refractivity contribution in [1.29, 1.82) is 0 Å². The van der Waals surface area contributed by atoms with Gasteiger partial charge in [0.25, 0.3) is 0 Å². The number of nitrogens with zero attached hydrogens (tertiary/aromatic N) is 2. The molecule has 0 saturated carbocycles. The lowest BCUT2D eigenvalue weighted by Crippen LogP contribution is -2.33. The molecular weight excluding hydrogens is 232 g/mol. The molecule has 1 aromatic rings. The fraction of sp³-hybridized carbons (Fsp3) is 0.538. The Bertz CT molecular complexity index is 428. The summed E-state index contributed by atoms with van der Waals surface area (Å²) >= 11 is 0. The smallest absolute Gasteiger partial charge is 0.219 e. The number of rotatable bonds is 3. The first-order valence-electron chi connectivity index (χ1n) is 6.21. The molecule has 98 valence electrons. The van der Waals surface area contributed by atoms with E-state index in [0.29, 0.717) is 18.6 Å². The van der Waals surface area contributed by atoms with Crippen molar-refractivity contribution in [2.24, 2.45) is 0 Å². The topological polar surface area (TPSA) is 53.8 Å². The number of aldehydes is 1. The molecule has 1 aliphatic heterocycles. The Hall–Kier alpha value is -1.62. The molecule has 0 spiro atoms. The van der Waals surface area contributed by atoms with E-state index in [-0.39, 0.29) is 5.91 Å². The van der Waals surface area contributed by atoms with Crippen molar-refractivity contribution in [3.8, 4) is 0 Å². The Morgan fingerprint density at radius 3 is 2.83 bits per heavy atom. The summed E-state index contributed by atoms with van der Waals surface area (Å²) in [6.45, 7) is 5.68. The quantitative estimate of drug-likeness (QED) is 0.755. The van der Waals surface area contributed by atoms with Gasteiger partial charge in [-0.1, -0.05) is 0 Å². The molecule has 1 amide bonds. The van der Waals surface area contributed by atoms with E-state index in [9.17, 15) is 9.59 Å². The van der Waals surface area contributed by atoms with Gasteiger partial charge in [0.05, 0.1) is 6.54 Å². The van der Waals surface area contributed by atoms with Crippen LogP contribution in [0.3, 0.4) is 0 Å². The SMILES string of the molecule is CC(=O)N1CCCN(Cc2ccc(C=O)o2)CC1. The van der Waals surface area contributed by atoms with Crippen molar-refractivity contribution in [3.63, 3.8) is 0 Å². The van der Waals surface area contributed by atoms with Crippen LogP contribution in [0.25, 0.3) is 0 Å². The maximum atomic E-state index is 11.3. The second-order valence-corrected chi connectivity index (χ2v) is 4.56. The van der Waals surface area contributed by atoms with E-state index in [1.54, 1.807) is 13.0 Å². The molecule has 0 bridgehead atoms. The van der Waals surface area contributed by atoms with Crippen LogP contribution in [0.2, 0.25) is 0 Å². The second-order valence-electron chi connectivity index (χ2n) is 4.56. The van der Waals surface area contributed by atoms with E-state index in [1.807, 2.05) is 11.0 Å². The average molecular weight is 250 g/mol. The lowest BCUT2D eigenvalue weighted by molar-refractivity contribution is -0.128. The number of carbonyl (C=O) groups excluding carboxylic acids is 2. The Kier molecular flexibility index (Phi) is 4.15. The van der Waals surface area contributed by atoms with Crippen molar-refractivity contribution in [1.82, 2.24) is 9.80 Å². The standard InChI is InChI=1S/C13H18N2O3/c1-11(17)15-6-2-5-14(7-8-15)9-12-3-4-13(10-16)18-12/h3-4,10H,2,5-9H2,1H3. The zero-order valence-corrected chi connectivity index (χ0v) is 10.6. The number of hydrogen-bond donors (Lipinski definition) is 0. The molecule has 0 unspecified atom stereocenters. The minimum Gasteiger partial charge on any atom is -0.457 e. The highest BCUT2D eigenvalue weighted by atomic mass is 16.3. The van der Waals surface area contributed by atoms with Gasteiger partial charge in [0, 0.05) is 33.1 Å². The predicted molar refractivity (Wildman–Crippen MR) is 66.2 cm³/mol. The van der Waals surface area contributed by atoms with Crippen molar-refractivity contribution in [2.45, 2.75) is 19.9 Å². The van der Waals surface area contributed by atoms with Crippen LogP contribution in [0.5, 0.6) is 0 Å². The normalized spacial score (nSPS) is 17.5. The van der Waals surface area contributed by atoms with E-state index in [1.165, 1.54) is 0 Å². The van der Waals surface area contributed by atoms with E-state index in [4.69, 9.17) is 4.42 Å². The molecule has 5 heteroatoms. The zero-order chi connectivity index (χ0) is 13.0. The summed E-state index contributed by atoms with van der Waals surface area (Å²) in [5.41, 5.74) is 0. The summed E-state index contributed by atoms with van der Waals surface area (Å²) < 4.78 is 5.36. The zero-order valence-electron chi connectivity index (χ0n) is 10.6. The lowest BCUT2D eigenvalue weighted by atomic mass is 10.3. The summed E-state index contributed by atoms with van der Waals surface area (Å²) in [7, 11) is 0. The lowest BCUT2D eigenvalue weighted by Gasteiger charge is -2.20. The average Bonchev–Trinajstić information content (AvgIpc) is 2.66. The molecular formula is C13H18N2O3. The van der Waals surface area contributed by atoms with Gasteiger partial charge < -0.3 is 9.32 Å². The van der Waals surface area contributed by atoms with E-state index >= 15 is 0 Å². The highest BCUT2D eigenvalue weighted by molar-refractivity contribution is 5.73. The molecule has 2 rings (SSSR count). The van der Waals surface area contributed by atoms with Crippen molar-refractivity contribution in [2.75, 3.05) is 26.2 Å². The van der Waals surface area contributed by atoms with Gasteiger partial charge in [0.2, 0.25) is 5.91 Å². The van der Waals surface area contributed by atoms with Gasteiger partial charge in [-0.2, -0.15) is 0 Å². The molecule has 1 saturated heterocycles. The van der Waals surface area contributed by atoms with Gasteiger partial charge in [0.15, 0.2) is 12.0 Å². The van der Waals surface area contributed by atoms with Gasteiger partial charge in [-0.3, -0.25) is 14.5 Å². The van der Waals surface area contributed by atoms with Gasteiger partial charge in [-0.25, -0.2) is 0 Å². The number of furan rings is 1. The molecule has 0 atom stereocenters. The summed E-state index contributed by atoms with van der Waals surface area (Å²) in [5.74, 6) is 1.30. The number of amides is 1. The Balaban J connectivity index is 1.90. The molecule has 1 aliphatic rings. The van der Waals surface area contributed by atoms with Crippen LogP contribution < -0.4 is 0 Å². The third-order valence-electron chi connectivity index (χ3n) is 3.21. The maximum Gasteiger partial charge on any atom is 0.219 e. The first-order chi connectivity index (χ1) is 8.69. The van der Waals surface area contributed by atoms with Crippen molar-refractivity contribution >= 4 is 12.2 Å². The molecule has 1 aromatic heterocycles. The fourth-order valence-electron chi connectivity index (χ4n) is 2.21. The first kappa shape index (κ1) is 12.8. The summed E-state index contributed by atoms with van der Waals surface area (Å²) in [6.07, 6.45) is 1.68. The summed E-state index contributed by atoms with van der Waals surface area (Å²) in [4.78, 5) is 26.0. The van der Waals surface area contributed by atoms with Crippen LogP contribution >= 0.6 is 0 Å². The summed E-state index contributed by atoms with van der Waals surface area (Å²) in [6, 6.07) is 3.51. The first-order valence-corrected chi connectivity index (χ1v) is 6.21. The highest BCUT2D eigenvalue weighted by Gasteiger charge is 2.17. The van der Waals surface area contributed by atoms with Gasteiger partial charge in [-0.05, 0) is 18.6 Å². The van der Waals surface area contributed by atoms with Gasteiger partial charge in [0.1, 0.15) is 5.76 Å². The van der Waals surface area contributed by atoms with Crippen molar-refractivity contribution < 1.29 is 14.0 Å². The Morgan fingerprint density at radius 2 is 2.17 bits per heavy atom. The highest BCUT2D eigenvalue weighted by Crippen LogP contribution is 2.11. The molecule has 0 aromatic carbocycles. The minimum absolute atomic E-state index is 0.137. The number of carbonyl (C=O) groups is 2. The largest absolute Gasteiger partial charge is 0.457 e. The molecule has 2 heterocycles. The summed E-state index contributed by atoms with van der Waals surface area (Å²) in [5, 5.41) is 0. The molecule has 5 nitrogen and oxygen atoms in total. The number of hydrogen-bond acceptors (Lipinski definition) is 4. The monoisotopic (exact) mass is 250 g/mol. The van der Waals surface area contributed by atoms with E-state index < -0.39 is 0 Å². The van der Waals surface area contributed by atoms with Crippen LogP contribution in [0.15, 0.2) is 16.5 Å². The third kappa shape index (κ3) is 3.20. The fourth-order valence-corrected chi connectivity index (χ4v) is 2.21. The Labute approximate surface area is 106 Å². The van der Waals surface area contributed by atoms with Crippen LogP contribution in [0.4, 0.5) is 0 Å². The van der Waals surface area contributed by atoms with Crippen molar-refractivity contribution in [3.05, 3.63) is 23.7 Å². The molecule has 0 aliphatic carbocycles. The van der Waals surface area contributed by atoms with Gasteiger partial charge in [-0.15, -0.1) is 0 Å². The maximum absolute atomic E-state index is 11.3. The minimum atomic E-state index is 0.137. The molecule has 1 fully saturated rings. The van der Waals surface area contributed by atoms with E-state index in [2.05, 4.69) is 4.90 Å². The van der Waals surface area contributed by atoms with Crippen LogP contribution in [0, 0.1) is 0 Å². The second kappa shape index (κ2) is 5.82. The van der Waals surface area contributed by atoms with E-state index in [0.717, 1.165) is 38.4 Å². The van der Waals surface area contributed by atoms with Crippen LogP contribution in [0.1, 0.15) is 29.7 Å². The molecule has 0 N–H and O–H groups in total. The molecule has 18 heavy (non-hydrogen) atoms. The predicted octanol–water partition coefficient (Wildman–Crippen LogP) is 1.15. The Morgan fingerprint density at radius 1 is 1.33 bits per heavy atom. The van der Waals surface area contributed by atoms with Gasteiger partial charge >= 0.3 is 0 Å². The van der Waals surface area contributed by atoms with Crippen LogP contribution in [-0.4, -0.2) is 48.2 Å².